The topological polar surface area (TPSA) is 98.5 Å². The van der Waals surface area contributed by atoms with Gasteiger partial charge in [-0.3, -0.25) is 14.8 Å². The highest BCUT2D eigenvalue weighted by Gasteiger charge is 2.18. The molecule has 8 heteroatoms. The van der Waals surface area contributed by atoms with Crippen LogP contribution in [0.1, 0.15) is 25.7 Å². The third-order valence-electron chi connectivity index (χ3n) is 4.05. The van der Waals surface area contributed by atoms with Crippen LogP contribution in [0.4, 0.5) is 11.4 Å². The molecule has 1 saturated carbocycles. The SMILES string of the molecule is O=[N+]([O-])c1ccc(S(=O)(=O)Nc2cccc(OC3CCCC3)c2)cc1. The standard InChI is InChI=1S/C17H18N2O5S/c20-19(21)14-8-10-17(11-9-14)25(22,23)18-13-4-3-7-16(12-13)24-15-5-1-2-6-15/h3-4,7-12,15,18H,1-2,5-6H2. The fourth-order valence-electron chi connectivity index (χ4n) is 2.79. The second-order valence-electron chi connectivity index (χ2n) is 5.91. The molecule has 1 fully saturated rings. The Morgan fingerprint density at radius 3 is 2.40 bits per heavy atom. The summed E-state index contributed by atoms with van der Waals surface area (Å²) in [7, 11) is -3.83. The van der Waals surface area contributed by atoms with Crippen LogP contribution in [0, 0.1) is 10.1 Å². The van der Waals surface area contributed by atoms with Crippen molar-refractivity contribution in [1.29, 1.82) is 0 Å². The van der Waals surface area contributed by atoms with Crippen LogP contribution in [-0.2, 0) is 10.0 Å². The molecule has 0 saturated heterocycles. The minimum Gasteiger partial charge on any atom is -0.490 e. The van der Waals surface area contributed by atoms with Gasteiger partial charge in [0.1, 0.15) is 5.75 Å². The van der Waals surface area contributed by atoms with E-state index in [-0.39, 0.29) is 16.7 Å². The molecule has 0 bridgehead atoms. The second kappa shape index (κ2) is 7.10. The van der Waals surface area contributed by atoms with E-state index in [1.54, 1.807) is 24.3 Å². The Balaban J connectivity index is 1.74. The zero-order valence-corrected chi connectivity index (χ0v) is 14.2. The number of nitrogens with zero attached hydrogens (tertiary/aromatic N) is 1. The van der Waals surface area contributed by atoms with Gasteiger partial charge in [-0.25, -0.2) is 8.42 Å². The van der Waals surface area contributed by atoms with Crippen molar-refractivity contribution in [1.82, 2.24) is 0 Å². The molecule has 25 heavy (non-hydrogen) atoms. The lowest BCUT2D eigenvalue weighted by molar-refractivity contribution is -0.384. The molecule has 1 aliphatic carbocycles. The van der Waals surface area contributed by atoms with Crippen LogP contribution in [0.2, 0.25) is 0 Å². The largest absolute Gasteiger partial charge is 0.490 e. The van der Waals surface area contributed by atoms with Gasteiger partial charge in [0, 0.05) is 18.2 Å². The van der Waals surface area contributed by atoms with E-state index in [2.05, 4.69) is 4.72 Å². The zero-order valence-electron chi connectivity index (χ0n) is 13.4. The van der Waals surface area contributed by atoms with Crippen molar-refractivity contribution in [3.63, 3.8) is 0 Å². The fraction of sp³-hybridized carbons (Fsp3) is 0.294. The molecular weight excluding hydrogens is 344 g/mol. The van der Waals surface area contributed by atoms with Crippen LogP contribution in [0.15, 0.2) is 53.4 Å². The normalized spacial score (nSPS) is 15.0. The Kier molecular flexibility index (Phi) is 4.89. The number of anilines is 1. The first-order valence-electron chi connectivity index (χ1n) is 7.98. The number of hydrogen-bond donors (Lipinski definition) is 1. The smallest absolute Gasteiger partial charge is 0.269 e. The molecule has 7 nitrogen and oxygen atoms in total. The first-order chi connectivity index (χ1) is 11.9. The highest BCUT2D eigenvalue weighted by atomic mass is 32.2. The van der Waals surface area contributed by atoms with E-state index in [0.29, 0.717) is 11.4 Å². The Morgan fingerprint density at radius 2 is 1.76 bits per heavy atom. The van der Waals surface area contributed by atoms with Crippen LogP contribution in [-0.4, -0.2) is 19.4 Å². The minimum absolute atomic E-state index is 0.0415. The maximum Gasteiger partial charge on any atom is 0.269 e. The number of ether oxygens (including phenoxy) is 1. The fourth-order valence-corrected chi connectivity index (χ4v) is 3.84. The molecule has 2 aromatic carbocycles. The van der Waals surface area contributed by atoms with Gasteiger partial charge in [0.15, 0.2) is 0 Å². The summed E-state index contributed by atoms with van der Waals surface area (Å²) >= 11 is 0. The number of benzene rings is 2. The number of hydrogen-bond acceptors (Lipinski definition) is 5. The Labute approximate surface area is 145 Å². The first-order valence-corrected chi connectivity index (χ1v) is 9.46. The van der Waals surface area contributed by atoms with Crippen LogP contribution in [0.5, 0.6) is 5.75 Å². The van der Waals surface area contributed by atoms with Gasteiger partial charge in [0.2, 0.25) is 0 Å². The van der Waals surface area contributed by atoms with Crippen molar-refractivity contribution in [2.45, 2.75) is 36.7 Å². The Morgan fingerprint density at radius 1 is 1.08 bits per heavy atom. The second-order valence-corrected chi connectivity index (χ2v) is 7.59. The molecule has 0 aromatic heterocycles. The van der Waals surface area contributed by atoms with Gasteiger partial charge < -0.3 is 4.74 Å². The van der Waals surface area contributed by atoms with Gasteiger partial charge in [0.25, 0.3) is 15.7 Å². The molecular formula is C17H18N2O5S. The molecule has 3 rings (SSSR count). The summed E-state index contributed by atoms with van der Waals surface area (Å²) in [6.07, 6.45) is 4.51. The average molecular weight is 362 g/mol. The molecule has 1 aliphatic rings. The molecule has 0 amide bonds. The van der Waals surface area contributed by atoms with Crippen LogP contribution < -0.4 is 9.46 Å². The molecule has 0 radical (unpaired) electrons. The van der Waals surface area contributed by atoms with E-state index in [4.69, 9.17) is 4.74 Å². The molecule has 132 valence electrons. The van der Waals surface area contributed by atoms with E-state index in [1.807, 2.05) is 0 Å². The van der Waals surface area contributed by atoms with Crippen molar-refractivity contribution in [3.8, 4) is 5.75 Å². The van der Waals surface area contributed by atoms with Gasteiger partial charge in [0.05, 0.1) is 21.6 Å². The minimum atomic E-state index is -3.83. The molecule has 0 aliphatic heterocycles. The molecule has 0 spiro atoms. The zero-order chi connectivity index (χ0) is 17.9. The van der Waals surface area contributed by atoms with Gasteiger partial charge in [-0.2, -0.15) is 0 Å². The summed E-state index contributed by atoms with van der Waals surface area (Å²) in [4.78, 5) is 10.0. The van der Waals surface area contributed by atoms with Crippen LogP contribution >= 0.6 is 0 Å². The predicted octanol–water partition coefficient (Wildman–Crippen LogP) is 3.72. The third kappa shape index (κ3) is 4.27. The number of sulfonamides is 1. The van der Waals surface area contributed by atoms with Crippen LogP contribution in [0.25, 0.3) is 0 Å². The maximum atomic E-state index is 12.4. The van der Waals surface area contributed by atoms with Crippen molar-refractivity contribution in [3.05, 3.63) is 58.6 Å². The highest BCUT2D eigenvalue weighted by molar-refractivity contribution is 7.92. The van der Waals surface area contributed by atoms with Gasteiger partial charge >= 0.3 is 0 Å². The number of nitro benzene ring substituents is 1. The third-order valence-corrected chi connectivity index (χ3v) is 5.45. The predicted molar refractivity (Wildman–Crippen MR) is 93.2 cm³/mol. The molecule has 0 unspecified atom stereocenters. The van der Waals surface area contributed by atoms with E-state index in [9.17, 15) is 18.5 Å². The lowest BCUT2D eigenvalue weighted by Gasteiger charge is -2.14. The Bertz CT molecular complexity index is 859. The van der Waals surface area contributed by atoms with Crippen molar-refractivity contribution in [2.24, 2.45) is 0 Å². The number of nitro groups is 1. The van der Waals surface area contributed by atoms with E-state index in [1.165, 1.54) is 12.1 Å². The molecule has 0 heterocycles. The quantitative estimate of drug-likeness (QED) is 0.624. The summed E-state index contributed by atoms with van der Waals surface area (Å²) in [5.41, 5.74) is 0.222. The summed E-state index contributed by atoms with van der Waals surface area (Å²) < 4.78 is 33.2. The van der Waals surface area contributed by atoms with Crippen molar-refractivity contribution < 1.29 is 18.1 Å². The summed E-state index contributed by atoms with van der Waals surface area (Å²) in [6, 6.07) is 11.5. The number of non-ortho nitro benzene ring substituents is 1. The number of nitrogens with one attached hydrogen (secondary N) is 1. The van der Waals surface area contributed by atoms with E-state index >= 15 is 0 Å². The molecule has 0 atom stereocenters. The lowest BCUT2D eigenvalue weighted by atomic mass is 10.3. The summed E-state index contributed by atoms with van der Waals surface area (Å²) in [6.45, 7) is 0. The van der Waals surface area contributed by atoms with E-state index in [0.717, 1.165) is 37.8 Å². The summed E-state index contributed by atoms with van der Waals surface area (Å²) in [5, 5.41) is 10.7. The van der Waals surface area contributed by atoms with Gasteiger partial charge in [-0.1, -0.05) is 6.07 Å². The van der Waals surface area contributed by atoms with Gasteiger partial charge in [-0.05, 0) is 49.9 Å². The first kappa shape index (κ1) is 17.2. The van der Waals surface area contributed by atoms with Crippen molar-refractivity contribution >= 4 is 21.4 Å². The average Bonchev–Trinajstić information content (AvgIpc) is 3.08. The summed E-state index contributed by atoms with van der Waals surface area (Å²) in [5.74, 6) is 0.621. The molecule has 2 aromatic rings. The lowest BCUT2D eigenvalue weighted by Crippen LogP contribution is -2.14. The number of rotatable bonds is 6. The monoisotopic (exact) mass is 362 g/mol. The van der Waals surface area contributed by atoms with Gasteiger partial charge in [-0.15, -0.1) is 0 Å². The van der Waals surface area contributed by atoms with Crippen LogP contribution in [0.3, 0.4) is 0 Å². The maximum absolute atomic E-state index is 12.4. The Hall–Kier alpha value is -2.61. The van der Waals surface area contributed by atoms with E-state index < -0.39 is 14.9 Å². The highest BCUT2D eigenvalue weighted by Crippen LogP contribution is 2.27. The molecule has 1 N–H and O–H groups in total. The van der Waals surface area contributed by atoms with Crippen molar-refractivity contribution in [2.75, 3.05) is 4.72 Å².